The molecule has 0 unspecified atom stereocenters. The highest BCUT2D eigenvalue weighted by Gasteiger charge is 2.27. The van der Waals surface area contributed by atoms with E-state index < -0.39 is 10.0 Å². The highest BCUT2D eigenvalue weighted by molar-refractivity contribution is 7.89. The number of piperidine rings is 1. The molecule has 8 nitrogen and oxygen atoms in total. The summed E-state index contributed by atoms with van der Waals surface area (Å²) in [5.74, 6) is 0.797. The predicted octanol–water partition coefficient (Wildman–Crippen LogP) is 2.92. The van der Waals surface area contributed by atoms with Crippen molar-refractivity contribution in [3.05, 3.63) is 48.0 Å². The van der Waals surface area contributed by atoms with E-state index in [1.165, 1.54) is 12.1 Å². The van der Waals surface area contributed by atoms with Gasteiger partial charge in [0.15, 0.2) is 5.13 Å². The highest BCUT2D eigenvalue weighted by atomic mass is 32.2. The first-order chi connectivity index (χ1) is 15.8. The monoisotopic (exact) mass is 488 g/mol. The molecule has 176 valence electrons. The predicted molar refractivity (Wildman–Crippen MR) is 130 cm³/mol. The van der Waals surface area contributed by atoms with Gasteiger partial charge in [0.25, 0.3) is 0 Å². The molecule has 0 bridgehead atoms. The van der Waals surface area contributed by atoms with E-state index in [1.807, 2.05) is 25.1 Å². The number of rotatable bonds is 8. The Labute approximate surface area is 197 Å². The molecule has 0 saturated carbocycles. The number of ether oxygens (including phenoxy) is 1. The van der Waals surface area contributed by atoms with Gasteiger partial charge in [0.1, 0.15) is 5.75 Å². The molecule has 1 aliphatic heterocycles. The van der Waals surface area contributed by atoms with E-state index in [0.29, 0.717) is 26.1 Å². The topological polar surface area (TPSA) is 115 Å². The lowest BCUT2D eigenvalue weighted by molar-refractivity contribution is -0.125. The third-order valence-electron chi connectivity index (χ3n) is 5.69. The molecule has 2 aromatic carbocycles. The number of amides is 1. The molecule has 0 radical (unpaired) electrons. The number of hydrogen-bond donors (Lipinski definition) is 2. The van der Waals surface area contributed by atoms with Crippen LogP contribution in [0.15, 0.2) is 47.4 Å². The molecule has 1 atom stereocenters. The number of anilines is 1. The zero-order valence-corrected chi connectivity index (χ0v) is 20.1. The summed E-state index contributed by atoms with van der Waals surface area (Å²) in [6.45, 7) is 4.61. The first-order valence-electron chi connectivity index (χ1n) is 11.0. The average molecular weight is 489 g/mol. The molecule has 1 fully saturated rings. The van der Waals surface area contributed by atoms with Crippen LogP contribution in [0.1, 0.15) is 25.3 Å². The van der Waals surface area contributed by atoms with Crippen molar-refractivity contribution in [2.75, 3.05) is 31.1 Å². The van der Waals surface area contributed by atoms with Crippen LogP contribution in [0, 0.1) is 5.92 Å². The minimum atomic E-state index is -3.69. The summed E-state index contributed by atoms with van der Waals surface area (Å²) in [4.78, 5) is 19.8. The van der Waals surface area contributed by atoms with Crippen LogP contribution in [0.3, 0.4) is 0 Å². The lowest BCUT2D eigenvalue weighted by atomic mass is 9.97. The van der Waals surface area contributed by atoms with Crippen molar-refractivity contribution >= 4 is 42.6 Å². The van der Waals surface area contributed by atoms with Gasteiger partial charge in [-0.15, -0.1) is 0 Å². The summed E-state index contributed by atoms with van der Waals surface area (Å²) in [6, 6.07) is 12.3. The fourth-order valence-corrected chi connectivity index (χ4v) is 5.51. The molecular weight excluding hydrogens is 460 g/mol. The Kier molecular flexibility index (Phi) is 7.16. The molecule has 4 rings (SSSR count). The summed E-state index contributed by atoms with van der Waals surface area (Å²) in [5.41, 5.74) is 1.88. The molecule has 3 aromatic rings. The summed E-state index contributed by atoms with van der Waals surface area (Å²) in [5, 5.41) is 9.09. The maximum Gasteiger partial charge on any atom is 0.238 e. The zero-order chi connectivity index (χ0) is 23.4. The van der Waals surface area contributed by atoms with Gasteiger partial charge in [0, 0.05) is 19.6 Å². The molecular formula is C23H28N4O4S2. The number of carbonyl (C=O) groups excluding carboxylic acids is 1. The number of nitrogens with zero attached hydrogens (tertiary/aromatic N) is 2. The number of primary sulfonamides is 1. The Hall–Kier alpha value is -2.69. The van der Waals surface area contributed by atoms with Crippen LogP contribution in [0.4, 0.5) is 5.13 Å². The second kappa shape index (κ2) is 10.1. The third-order valence-corrected chi connectivity index (χ3v) is 7.70. The maximum atomic E-state index is 12.8. The maximum absolute atomic E-state index is 12.8. The van der Waals surface area contributed by atoms with Crippen molar-refractivity contribution in [1.82, 2.24) is 10.3 Å². The molecule has 1 amide bonds. The van der Waals surface area contributed by atoms with Crippen LogP contribution in [0.2, 0.25) is 0 Å². The van der Waals surface area contributed by atoms with E-state index in [2.05, 4.69) is 10.2 Å². The summed E-state index contributed by atoms with van der Waals surface area (Å²) in [7, 11) is -3.69. The van der Waals surface area contributed by atoms with Gasteiger partial charge in [-0.25, -0.2) is 18.5 Å². The number of aromatic nitrogens is 1. The molecule has 1 aromatic heterocycles. The van der Waals surface area contributed by atoms with Gasteiger partial charge in [-0.3, -0.25) is 4.79 Å². The third kappa shape index (κ3) is 5.82. The van der Waals surface area contributed by atoms with Crippen LogP contribution in [-0.2, 0) is 21.2 Å². The van der Waals surface area contributed by atoms with Crippen LogP contribution in [-0.4, -0.2) is 45.6 Å². The number of nitrogens with two attached hydrogens (primary N) is 1. The fraction of sp³-hybridized carbons (Fsp3) is 0.391. The number of thiazole rings is 1. The Morgan fingerprint density at radius 2 is 2.06 bits per heavy atom. The SMILES string of the molecule is CCOc1ccc2nc(N3CCC[C@H](C(=O)NCCc4ccc(S(N)(=O)=O)cc4)C3)sc2c1. The van der Waals surface area contributed by atoms with Crippen molar-refractivity contribution in [1.29, 1.82) is 0 Å². The Morgan fingerprint density at radius 1 is 1.27 bits per heavy atom. The Balaban J connectivity index is 1.32. The number of hydrogen-bond acceptors (Lipinski definition) is 7. The standard InChI is InChI=1S/C23H28N4O4S2/c1-2-31-18-7-10-20-21(14-18)32-23(26-20)27-13-3-4-17(15-27)22(28)25-12-11-16-5-8-19(9-6-16)33(24,29)30/h5-10,14,17H,2-4,11-13,15H2,1H3,(H,25,28)(H2,24,29,30)/t17-/m0/s1. The first kappa shape index (κ1) is 23.5. The minimum Gasteiger partial charge on any atom is -0.494 e. The van der Waals surface area contributed by atoms with E-state index >= 15 is 0 Å². The van der Waals surface area contributed by atoms with E-state index in [4.69, 9.17) is 14.9 Å². The van der Waals surface area contributed by atoms with Crippen LogP contribution < -0.4 is 20.1 Å². The molecule has 1 aliphatic rings. The van der Waals surface area contributed by atoms with Crippen molar-refractivity contribution in [2.24, 2.45) is 11.1 Å². The second-order valence-electron chi connectivity index (χ2n) is 8.07. The smallest absolute Gasteiger partial charge is 0.238 e. The van der Waals surface area contributed by atoms with Gasteiger partial charge in [-0.1, -0.05) is 23.5 Å². The number of nitrogens with one attached hydrogen (secondary N) is 1. The summed E-state index contributed by atoms with van der Waals surface area (Å²) >= 11 is 1.63. The van der Waals surface area contributed by atoms with E-state index in [1.54, 1.807) is 23.5 Å². The second-order valence-corrected chi connectivity index (χ2v) is 10.6. The lowest BCUT2D eigenvalue weighted by Crippen LogP contribution is -2.43. The lowest BCUT2D eigenvalue weighted by Gasteiger charge is -2.31. The van der Waals surface area contributed by atoms with E-state index in [-0.39, 0.29) is 16.7 Å². The number of sulfonamides is 1. The zero-order valence-electron chi connectivity index (χ0n) is 18.5. The number of fused-ring (bicyclic) bond motifs is 1. The van der Waals surface area contributed by atoms with Gasteiger partial charge in [0.2, 0.25) is 15.9 Å². The van der Waals surface area contributed by atoms with Gasteiger partial charge in [-0.05, 0) is 62.1 Å². The Bertz CT molecular complexity index is 1220. The summed E-state index contributed by atoms with van der Waals surface area (Å²) < 4.78 is 29.4. The summed E-state index contributed by atoms with van der Waals surface area (Å²) in [6.07, 6.45) is 2.41. The average Bonchev–Trinajstić information content (AvgIpc) is 3.23. The van der Waals surface area contributed by atoms with Crippen molar-refractivity contribution in [2.45, 2.75) is 31.1 Å². The number of carbonyl (C=O) groups is 1. The van der Waals surface area contributed by atoms with E-state index in [9.17, 15) is 13.2 Å². The minimum absolute atomic E-state index is 0.0422. The molecule has 0 spiro atoms. The molecule has 10 heteroatoms. The van der Waals surface area contributed by atoms with Gasteiger partial charge < -0.3 is 15.0 Å². The van der Waals surface area contributed by atoms with Crippen molar-refractivity contribution < 1.29 is 17.9 Å². The van der Waals surface area contributed by atoms with Gasteiger partial charge in [0.05, 0.1) is 27.6 Å². The van der Waals surface area contributed by atoms with Gasteiger partial charge >= 0.3 is 0 Å². The normalized spacial score (nSPS) is 16.7. The highest BCUT2D eigenvalue weighted by Crippen LogP contribution is 2.33. The number of benzene rings is 2. The van der Waals surface area contributed by atoms with E-state index in [0.717, 1.165) is 46.0 Å². The van der Waals surface area contributed by atoms with Crippen molar-refractivity contribution in [3.63, 3.8) is 0 Å². The fourth-order valence-electron chi connectivity index (χ4n) is 3.97. The van der Waals surface area contributed by atoms with Crippen LogP contribution in [0.5, 0.6) is 5.75 Å². The molecule has 1 saturated heterocycles. The molecule has 3 N–H and O–H groups in total. The first-order valence-corrected chi connectivity index (χ1v) is 13.4. The molecule has 0 aliphatic carbocycles. The van der Waals surface area contributed by atoms with Crippen LogP contribution in [0.25, 0.3) is 10.2 Å². The largest absolute Gasteiger partial charge is 0.494 e. The van der Waals surface area contributed by atoms with Crippen molar-refractivity contribution in [3.8, 4) is 5.75 Å². The van der Waals surface area contributed by atoms with Gasteiger partial charge in [-0.2, -0.15) is 0 Å². The Morgan fingerprint density at radius 3 is 2.79 bits per heavy atom. The molecule has 2 heterocycles. The van der Waals surface area contributed by atoms with Crippen LogP contribution >= 0.6 is 11.3 Å². The quantitative estimate of drug-likeness (QED) is 0.504. The molecule has 33 heavy (non-hydrogen) atoms.